The van der Waals surface area contributed by atoms with Crippen LogP contribution >= 0.6 is 0 Å². The van der Waals surface area contributed by atoms with Crippen LogP contribution in [0.25, 0.3) is 0 Å². The summed E-state index contributed by atoms with van der Waals surface area (Å²) >= 11 is 0. The van der Waals surface area contributed by atoms with E-state index in [1.165, 1.54) is 12.6 Å². The number of amides is 2. The molecule has 0 bridgehead atoms. The van der Waals surface area contributed by atoms with E-state index >= 15 is 0 Å². The molecule has 0 aliphatic carbocycles. The quantitative estimate of drug-likeness (QED) is 0.606. The average molecular weight is 383 g/mol. The molecule has 2 aromatic rings. The second kappa shape index (κ2) is 10.3. The van der Waals surface area contributed by atoms with E-state index in [2.05, 4.69) is 40.8 Å². The molecule has 28 heavy (non-hydrogen) atoms. The van der Waals surface area contributed by atoms with Gasteiger partial charge in [-0.15, -0.1) is 0 Å². The van der Waals surface area contributed by atoms with Crippen molar-refractivity contribution in [2.45, 2.75) is 34.1 Å². The fraction of sp³-hybridized carbons (Fsp3) is 0.364. The second-order valence-electron chi connectivity index (χ2n) is 6.66. The van der Waals surface area contributed by atoms with Gasteiger partial charge in [0, 0.05) is 55.7 Å². The third-order valence-electron chi connectivity index (χ3n) is 4.50. The molecule has 0 spiro atoms. The van der Waals surface area contributed by atoms with Gasteiger partial charge in [0.1, 0.15) is 0 Å². The summed E-state index contributed by atoms with van der Waals surface area (Å²) in [5, 5.41) is 8.92. The van der Waals surface area contributed by atoms with E-state index in [1.807, 2.05) is 43.3 Å². The Labute approximate surface area is 167 Å². The van der Waals surface area contributed by atoms with Gasteiger partial charge in [-0.25, -0.2) is 0 Å². The number of aryl methyl sites for hydroxylation is 1. The van der Waals surface area contributed by atoms with Crippen LogP contribution in [-0.4, -0.2) is 31.4 Å². The summed E-state index contributed by atoms with van der Waals surface area (Å²) in [5.41, 5.74) is 4.73. The third kappa shape index (κ3) is 6.30. The average Bonchev–Trinajstić information content (AvgIpc) is 2.66. The number of nitrogens with one attached hydrogen (secondary N) is 3. The Kier molecular flexibility index (Phi) is 7.87. The summed E-state index contributed by atoms with van der Waals surface area (Å²) in [4.78, 5) is 25.6. The molecule has 0 aromatic heterocycles. The maximum atomic E-state index is 12.3. The number of carbonyl (C=O) groups is 2. The minimum absolute atomic E-state index is 0.0268. The summed E-state index contributed by atoms with van der Waals surface area (Å²) in [5.74, 6) is -0.126. The van der Waals surface area contributed by atoms with Crippen molar-refractivity contribution in [1.82, 2.24) is 0 Å². The summed E-state index contributed by atoms with van der Waals surface area (Å²) in [6.45, 7) is 10.2. The van der Waals surface area contributed by atoms with Gasteiger partial charge in [-0.2, -0.15) is 0 Å². The van der Waals surface area contributed by atoms with E-state index in [9.17, 15) is 9.59 Å². The number of rotatable bonds is 9. The lowest BCUT2D eigenvalue weighted by Crippen LogP contribution is -2.22. The first-order chi connectivity index (χ1) is 13.4. The van der Waals surface area contributed by atoms with Crippen molar-refractivity contribution in [2.24, 2.45) is 0 Å². The number of benzene rings is 2. The predicted octanol–water partition coefficient (Wildman–Crippen LogP) is 4.24. The van der Waals surface area contributed by atoms with Gasteiger partial charge in [-0.1, -0.05) is 0 Å². The molecule has 0 atom stereocenters. The monoisotopic (exact) mass is 382 g/mol. The molecule has 2 rings (SSSR count). The Morgan fingerprint density at radius 3 is 2.14 bits per heavy atom. The van der Waals surface area contributed by atoms with E-state index in [4.69, 9.17) is 0 Å². The van der Waals surface area contributed by atoms with Gasteiger partial charge in [-0.05, 0) is 68.8 Å². The molecule has 2 aromatic carbocycles. The molecule has 150 valence electrons. The molecule has 3 N–H and O–H groups in total. The molecule has 0 radical (unpaired) electrons. The van der Waals surface area contributed by atoms with E-state index in [-0.39, 0.29) is 11.8 Å². The summed E-state index contributed by atoms with van der Waals surface area (Å²) < 4.78 is 0. The molecule has 6 heteroatoms. The highest BCUT2D eigenvalue weighted by molar-refractivity contribution is 5.92. The van der Waals surface area contributed by atoms with Crippen LogP contribution in [0.5, 0.6) is 0 Å². The zero-order valence-electron chi connectivity index (χ0n) is 17.1. The molecule has 0 heterocycles. The summed E-state index contributed by atoms with van der Waals surface area (Å²) in [7, 11) is 0. The van der Waals surface area contributed by atoms with Crippen LogP contribution in [0.15, 0.2) is 42.5 Å². The van der Waals surface area contributed by atoms with Crippen molar-refractivity contribution in [3.63, 3.8) is 0 Å². The largest absolute Gasteiger partial charge is 0.385 e. The Hall–Kier alpha value is -3.02. The zero-order chi connectivity index (χ0) is 20.5. The SMILES string of the molecule is CCN(CC)c1ccc(NC(=O)CCNc2ccc(NC(C)=O)cc2)c(C)c1. The first kappa shape index (κ1) is 21.3. The number of anilines is 4. The van der Waals surface area contributed by atoms with Crippen molar-refractivity contribution in [1.29, 1.82) is 0 Å². The summed E-state index contributed by atoms with van der Waals surface area (Å²) in [6, 6.07) is 13.5. The van der Waals surface area contributed by atoms with E-state index in [0.717, 1.165) is 35.7 Å². The second-order valence-corrected chi connectivity index (χ2v) is 6.66. The fourth-order valence-corrected chi connectivity index (χ4v) is 2.98. The molecule has 0 fully saturated rings. The third-order valence-corrected chi connectivity index (χ3v) is 4.50. The van der Waals surface area contributed by atoms with Crippen LogP contribution in [0.2, 0.25) is 0 Å². The molecule has 0 unspecified atom stereocenters. The highest BCUT2D eigenvalue weighted by Crippen LogP contribution is 2.23. The maximum Gasteiger partial charge on any atom is 0.226 e. The van der Waals surface area contributed by atoms with E-state index < -0.39 is 0 Å². The van der Waals surface area contributed by atoms with Crippen LogP contribution < -0.4 is 20.9 Å². The Bertz CT molecular complexity index is 799. The van der Waals surface area contributed by atoms with Crippen molar-refractivity contribution in [3.05, 3.63) is 48.0 Å². The van der Waals surface area contributed by atoms with Crippen molar-refractivity contribution < 1.29 is 9.59 Å². The van der Waals surface area contributed by atoms with Gasteiger partial charge >= 0.3 is 0 Å². The van der Waals surface area contributed by atoms with Crippen molar-refractivity contribution in [3.8, 4) is 0 Å². The first-order valence-corrected chi connectivity index (χ1v) is 9.70. The molecule has 0 aliphatic heterocycles. The molecule has 6 nitrogen and oxygen atoms in total. The lowest BCUT2D eigenvalue weighted by atomic mass is 10.1. The van der Waals surface area contributed by atoms with Crippen molar-refractivity contribution >= 4 is 34.6 Å². The highest BCUT2D eigenvalue weighted by Gasteiger charge is 2.08. The normalized spacial score (nSPS) is 10.3. The minimum atomic E-state index is -0.0993. The number of hydrogen-bond donors (Lipinski definition) is 3. The standard InChI is InChI=1S/C22H30N4O2/c1-5-26(6-2)20-11-12-21(16(3)15-20)25-22(28)13-14-23-18-7-9-19(10-8-18)24-17(4)27/h7-12,15,23H,5-6,13-14H2,1-4H3,(H,24,27)(H,25,28). The van der Waals surface area contributed by atoms with Gasteiger partial charge in [0.2, 0.25) is 11.8 Å². The number of carbonyl (C=O) groups excluding carboxylic acids is 2. The number of nitrogens with zero attached hydrogens (tertiary/aromatic N) is 1. The van der Waals surface area contributed by atoms with Crippen LogP contribution in [-0.2, 0) is 9.59 Å². The molecular weight excluding hydrogens is 352 g/mol. The lowest BCUT2D eigenvalue weighted by Gasteiger charge is -2.22. The Morgan fingerprint density at radius 2 is 1.57 bits per heavy atom. The minimum Gasteiger partial charge on any atom is -0.385 e. The summed E-state index contributed by atoms with van der Waals surface area (Å²) in [6.07, 6.45) is 0.366. The maximum absolute atomic E-state index is 12.3. The van der Waals surface area contributed by atoms with Crippen LogP contribution in [0.1, 0.15) is 32.8 Å². The van der Waals surface area contributed by atoms with E-state index in [0.29, 0.717) is 13.0 Å². The van der Waals surface area contributed by atoms with Crippen LogP contribution in [0, 0.1) is 6.92 Å². The lowest BCUT2D eigenvalue weighted by molar-refractivity contribution is -0.116. The highest BCUT2D eigenvalue weighted by atomic mass is 16.2. The smallest absolute Gasteiger partial charge is 0.226 e. The first-order valence-electron chi connectivity index (χ1n) is 9.70. The van der Waals surface area contributed by atoms with Gasteiger partial charge in [0.15, 0.2) is 0 Å². The molecule has 0 saturated heterocycles. The van der Waals surface area contributed by atoms with Crippen LogP contribution in [0.4, 0.5) is 22.7 Å². The molecule has 0 aliphatic rings. The predicted molar refractivity (Wildman–Crippen MR) is 117 cm³/mol. The zero-order valence-corrected chi connectivity index (χ0v) is 17.1. The molecule has 0 saturated carbocycles. The Balaban J connectivity index is 1.83. The topological polar surface area (TPSA) is 73.5 Å². The van der Waals surface area contributed by atoms with E-state index in [1.54, 1.807) is 0 Å². The van der Waals surface area contributed by atoms with Gasteiger partial charge < -0.3 is 20.9 Å². The fourth-order valence-electron chi connectivity index (χ4n) is 2.98. The van der Waals surface area contributed by atoms with Crippen molar-refractivity contribution in [2.75, 3.05) is 40.5 Å². The Morgan fingerprint density at radius 1 is 0.929 bits per heavy atom. The number of hydrogen-bond acceptors (Lipinski definition) is 4. The molecule has 2 amide bonds. The molecular formula is C22H30N4O2. The van der Waals surface area contributed by atoms with Gasteiger partial charge in [-0.3, -0.25) is 9.59 Å². The van der Waals surface area contributed by atoms with Gasteiger partial charge in [0.05, 0.1) is 0 Å². The van der Waals surface area contributed by atoms with Crippen LogP contribution in [0.3, 0.4) is 0 Å². The van der Waals surface area contributed by atoms with Gasteiger partial charge in [0.25, 0.3) is 0 Å².